The number of rotatable bonds is 0. The third-order valence-electron chi connectivity index (χ3n) is 6.03. The lowest BCUT2D eigenvalue weighted by Gasteiger charge is -2.22. The zero-order valence-electron chi connectivity index (χ0n) is 17.4. The number of nitrogens with zero attached hydrogens (tertiary/aromatic N) is 4. The summed E-state index contributed by atoms with van der Waals surface area (Å²) in [6.07, 6.45) is 3.99. The molecular weight excluding hydrogens is 380 g/mol. The Balaban J connectivity index is 1.72. The predicted molar refractivity (Wildman–Crippen MR) is 127 cm³/mol. The molecule has 0 saturated carbocycles. The van der Waals surface area contributed by atoms with Gasteiger partial charge in [-0.25, -0.2) is 4.68 Å². The first-order valence-electron chi connectivity index (χ1n) is 10.4. The lowest BCUT2D eigenvalue weighted by atomic mass is 9.90. The van der Waals surface area contributed by atoms with Gasteiger partial charge in [0.25, 0.3) is 0 Å². The first-order chi connectivity index (χ1) is 15.2. The minimum atomic E-state index is 0.850. The van der Waals surface area contributed by atoms with Gasteiger partial charge >= 0.3 is 0 Å². The molecule has 2 heterocycles. The maximum absolute atomic E-state index is 4.76. The maximum Gasteiger partial charge on any atom is 0.234 e. The molecule has 0 bridgehead atoms. The Bertz CT molecular complexity index is 1470. The molecule has 148 valence electrons. The van der Waals surface area contributed by atoms with Crippen molar-refractivity contribution in [3.8, 4) is 11.1 Å². The van der Waals surface area contributed by atoms with Crippen molar-refractivity contribution < 1.29 is 4.68 Å². The van der Waals surface area contributed by atoms with Crippen LogP contribution in [-0.2, 0) is 0 Å². The molecule has 4 heteroatoms. The van der Waals surface area contributed by atoms with Crippen LogP contribution in [0.2, 0.25) is 0 Å². The van der Waals surface area contributed by atoms with Crippen LogP contribution < -0.4 is 10.4 Å². The smallest absolute Gasteiger partial charge is 0.234 e. The van der Waals surface area contributed by atoms with Gasteiger partial charge in [0.2, 0.25) is 5.71 Å². The normalized spacial score (nSPS) is 18.6. The van der Waals surface area contributed by atoms with Crippen LogP contribution in [0, 0.1) is 0 Å². The molecule has 3 aromatic rings. The Kier molecular flexibility index (Phi) is 3.87. The van der Waals surface area contributed by atoms with E-state index in [0.717, 1.165) is 33.1 Å². The second kappa shape index (κ2) is 6.74. The van der Waals surface area contributed by atoms with Crippen LogP contribution in [0.4, 0.5) is 0 Å². The second-order valence-electron chi connectivity index (χ2n) is 7.91. The van der Waals surface area contributed by atoms with E-state index in [0.29, 0.717) is 0 Å². The molecule has 3 aromatic carbocycles. The number of fused-ring (bicyclic) bond motifs is 4. The van der Waals surface area contributed by atoms with Crippen molar-refractivity contribution in [1.82, 2.24) is 0 Å². The fourth-order valence-electron chi connectivity index (χ4n) is 4.62. The Morgan fingerprint density at radius 3 is 1.84 bits per heavy atom. The van der Waals surface area contributed by atoms with Crippen molar-refractivity contribution in [1.29, 1.82) is 0 Å². The Hall–Kier alpha value is -4.05. The van der Waals surface area contributed by atoms with Crippen molar-refractivity contribution in [2.45, 2.75) is 13.8 Å². The minimum Gasteiger partial charge on any atom is -0.411 e. The molecule has 4 nitrogen and oxygen atoms in total. The van der Waals surface area contributed by atoms with E-state index in [-0.39, 0.29) is 0 Å². The van der Waals surface area contributed by atoms with E-state index in [2.05, 4.69) is 83.1 Å². The van der Waals surface area contributed by atoms with Crippen molar-refractivity contribution in [2.24, 2.45) is 10.2 Å². The number of hydrogen-bond acceptors (Lipinski definition) is 2. The van der Waals surface area contributed by atoms with Gasteiger partial charge in [0.15, 0.2) is 6.20 Å². The monoisotopic (exact) mass is 400 g/mol. The van der Waals surface area contributed by atoms with Crippen LogP contribution in [0.1, 0.15) is 25.0 Å². The average Bonchev–Trinajstić information content (AvgIpc) is 3.14. The highest BCUT2D eigenvalue weighted by atomic mass is 15.4. The van der Waals surface area contributed by atoms with Crippen LogP contribution >= 0.6 is 0 Å². The fourth-order valence-corrected chi connectivity index (χ4v) is 4.62. The van der Waals surface area contributed by atoms with E-state index in [1.165, 1.54) is 27.8 Å². The molecule has 2 aliphatic heterocycles. The van der Waals surface area contributed by atoms with Crippen molar-refractivity contribution in [3.63, 3.8) is 0 Å². The van der Waals surface area contributed by atoms with Gasteiger partial charge in [0, 0.05) is 10.8 Å². The van der Waals surface area contributed by atoms with Crippen LogP contribution in [0.15, 0.2) is 88.6 Å². The van der Waals surface area contributed by atoms with Gasteiger partial charge in [-0.1, -0.05) is 66.7 Å². The lowest BCUT2D eigenvalue weighted by molar-refractivity contribution is -0.352. The summed E-state index contributed by atoms with van der Waals surface area (Å²) in [5.41, 5.74) is 14.7. The summed E-state index contributed by atoms with van der Waals surface area (Å²) in [7, 11) is 0. The summed E-state index contributed by atoms with van der Waals surface area (Å²) < 4.78 is 1.95. The number of benzene rings is 3. The zero-order valence-corrected chi connectivity index (χ0v) is 17.4. The van der Waals surface area contributed by atoms with Crippen LogP contribution in [0.25, 0.3) is 34.5 Å². The van der Waals surface area contributed by atoms with Crippen molar-refractivity contribution in [3.05, 3.63) is 105 Å². The molecule has 0 fully saturated rings. The minimum absolute atomic E-state index is 0.850. The second-order valence-corrected chi connectivity index (χ2v) is 7.91. The lowest BCUT2D eigenvalue weighted by Crippen LogP contribution is -2.35. The van der Waals surface area contributed by atoms with Crippen LogP contribution in [-0.4, -0.2) is 21.8 Å². The van der Waals surface area contributed by atoms with Crippen LogP contribution in [0.5, 0.6) is 0 Å². The highest BCUT2D eigenvalue weighted by Gasteiger charge is 2.34. The van der Waals surface area contributed by atoms with E-state index in [4.69, 9.17) is 5.43 Å². The molecule has 0 N–H and O–H groups in total. The molecule has 6 rings (SSSR count). The highest BCUT2D eigenvalue weighted by Crippen LogP contribution is 2.46. The summed E-state index contributed by atoms with van der Waals surface area (Å²) in [6, 6.07) is 25.4. The summed E-state index contributed by atoms with van der Waals surface area (Å²) in [5, 5.41) is 11.2. The van der Waals surface area contributed by atoms with Crippen molar-refractivity contribution >= 4 is 35.1 Å². The molecule has 0 amide bonds. The van der Waals surface area contributed by atoms with Gasteiger partial charge in [0.05, 0.1) is 11.3 Å². The van der Waals surface area contributed by atoms with Gasteiger partial charge in [0.1, 0.15) is 5.71 Å². The molecule has 0 saturated heterocycles. The molecule has 0 aromatic heterocycles. The Morgan fingerprint density at radius 2 is 1.16 bits per heavy atom. The largest absolute Gasteiger partial charge is 0.411 e. The van der Waals surface area contributed by atoms with E-state index >= 15 is 0 Å². The van der Waals surface area contributed by atoms with E-state index in [1.807, 2.05) is 30.8 Å². The van der Waals surface area contributed by atoms with E-state index in [1.54, 1.807) is 0 Å². The van der Waals surface area contributed by atoms with Crippen molar-refractivity contribution in [2.75, 3.05) is 0 Å². The first-order valence-corrected chi connectivity index (χ1v) is 10.4. The third kappa shape index (κ3) is 2.65. The highest BCUT2D eigenvalue weighted by molar-refractivity contribution is 6.55. The van der Waals surface area contributed by atoms with Gasteiger partial charge < -0.3 is 5.43 Å². The average molecular weight is 400 g/mol. The molecule has 0 unspecified atom stereocenters. The SMILES string of the molecule is CC1=NN=C(C)/C(=[N+]2/C=c3ccccc3=C[N-]2)C1=C1c2ccccc2-c2ccccc21. The summed E-state index contributed by atoms with van der Waals surface area (Å²) in [5.74, 6) is 0. The summed E-state index contributed by atoms with van der Waals surface area (Å²) >= 11 is 0. The van der Waals surface area contributed by atoms with Gasteiger partial charge in [-0.05, 0) is 47.4 Å². The maximum atomic E-state index is 4.76. The molecular formula is C27H20N4. The number of hydrogen-bond donors (Lipinski definition) is 0. The Labute approximate surface area is 180 Å². The standard InChI is InChI=1S/C27H20N4/c1-17-25(26-23-13-7-5-11-21(23)22-12-6-8-14-24(22)26)27(18(2)30-29-17)31-16-20-10-4-3-9-19(20)15-28-31/h3-16H,1-2H3/b31-27+. The number of allylic oxidation sites excluding steroid dienone is 1. The summed E-state index contributed by atoms with van der Waals surface area (Å²) in [6.45, 7) is 4.03. The Morgan fingerprint density at radius 1 is 0.613 bits per heavy atom. The summed E-state index contributed by atoms with van der Waals surface area (Å²) in [4.78, 5) is 0. The van der Waals surface area contributed by atoms with Gasteiger partial charge in [-0.3, -0.25) is 0 Å². The quantitative estimate of drug-likeness (QED) is 0.396. The van der Waals surface area contributed by atoms with Crippen LogP contribution in [0.3, 0.4) is 0 Å². The molecule has 0 spiro atoms. The van der Waals surface area contributed by atoms with E-state index in [9.17, 15) is 0 Å². The van der Waals surface area contributed by atoms with E-state index < -0.39 is 0 Å². The molecule has 3 aliphatic rings. The first kappa shape index (κ1) is 17.8. The zero-order chi connectivity index (χ0) is 20.9. The van der Waals surface area contributed by atoms with Gasteiger partial charge in [-0.2, -0.15) is 5.10 Å². The molecule has 0 atom stereocenters. The molecule has 31 heavy (non-hydrogen) atoms. The fraction of sp³-hybridized carbons (Fsp3) is 0.0741. The molecule has 0 radical (unpaired) electrons. The van der Waals surface area contributed by atoms with Gasteiger partial charge in [-0.15, -0.1) is 11.3 Å². The predicted octanol–water partition coefficient (Wildman–Crippen LogP) is 4.25. The third-order valence-corrected chi connectivity index (χ3v) is 6.03. The molecule has 1 aliphatic carbocycles. The topological polar surface area (TPSA) is 41.8 Å².